The molecule has 3 aromatic heterocycles. The molecule has 1 aliphatic rings. The lowest BCUT2D eigenvalue weighted by molar-refractivity contribution is 0.475. The number of benzene rings is 1. The van der Waals surface area contributed by atoms with Gasteiger partial charge in [0.1, 0.15) is 17.6 Å². The van der Waals surface area contributed by atoms with Crippen molar-refractivity contribution in [1.82, 2.24) is 19.9 Å². The lowest BCUT2D eigenvalue weighted by Crippen LogP contribution is -2.30. The molecular weight excluding hydrogens is 430 g/mol. The molecule has 5 rings (SSSR count). The first-order chi connectivity index (χ1) is 15.1. The van der Waals surface area contributed by atoms with E-state index < -0.39 is 0 Å². The first kappa shape index (κ1) is 19.5. The van der Waals surface area contributed by atoms with Crippen LogP contribution in [-0.4, -0.2) is 24.8 Å². The van der Waals surface area contributed by atoms with Gasteiger partial charge in [-0.2, -0.15) is 0 Å². The van der Waals surface area contributed by atoms with Gasteiger partial charge < -0.3 is 19.9 Å². The quantitative estimate of drug-likeness (QED) is 0.438. The first-order valence-corrected chi connectivity index (χ1v) is 10.5. The second-order valence-electron chi connectivity index (χ2n) is 7.15. The predicted octanol–water partition coefficient (Wildman–Crippen LogP) is 4.80. The monoisotopic (exact) mass is 447 g/mol. The Labute approximate surface area is 189 Å². The molecule has 2 atom stereocenters. The lowest BCUT2D eigenvalue weighted by Gasteiger charge is -2.28. The summed E-state index contributed by atoms with van der Waals surface area (Å²) in [6.45, 7) is 0. The summed E-state index contributed by atoms with van der Waals surface area (Å²) in [6.07, 6.45) is 5.38. The number of hydrogen-bond donors (Lipinski definition) is 2. The topological polar surface area (TPSA) is 66.2 Å². The van der Waals surface area contributed by atoms with Crippen molar-refractivity contribution in [2.45, 2.75) is 12.1 Å². The van der Waals surface area contributed by atoms with Gasteiger partial charge in [-0.15, -0.1) is 0 Å². The van der Waals surface area contributed by atoms with Gasteiger partial charge in [0.2, 0.25) is 0 Å². The summed E-state index contributed by atoms with van der Waals surface area (Å²) in [5.41, 5.74) is 2.74. The number of halogens is 1. The minimum Gasteiger partial charge on any atom is -0.508 e. The highest BCUT2D eigenvalue weighted by Crippen LogP contribution is 2.42. The van der Waals surface area contributed by atoms with Gasteiger partial charge in [0.05, 0.1) is 16.8 Å². The number of phenolic OH excluding ortho intramolecular Hbond substituents is 1. The van der Waals surface area contributed by atoms with E-state index in [1.165, 1.54) is 0 Å². The predicted molar refractivity (Wildman–Crippen MR) is 125 cm³/mol. The Morgan fingerprint density at radius 3 is 2.52 bits per heavy atom. The molecule has 6 nitrogen and oxygen atoms in total. The Bertz CT molecular complexity index is 1210. The van der Waals surface area contributed by atoms with Crippen LogP contribution in [0.25, 0.3) is 5.82 Å². The van der Waals surface area contributed by atoms with E-state index in [4.69, 9.17) is 23.8 Å². The molecule has 1 aromatic carbocycles. The van der Waals surface area contributed by atoms with Gasteiger partial charge in [-0.05, 0) is 72.9 Å². The Kier molecular flexibility index (Phi) is 5.05. The molecule has 0 bridgehead atoms. The Morgan fingerprint density at radius 1 is 0.968 bits per heavy atom. The largest absolute Gasteiger partial charge is 0.508 e. The van der Waals surface area contributed by atoms with Crippen LogP contribution >= 0.6 is 23.8 Å². The number of nitrogens with one attached hydrogen (secondary N) is 1. The Balaban J connectivity index is 1.66. The van der Waals surface area contributed by atoms with E-state index >= 15 is 0 Å². The summed E-state index contributed by atoms with van der Waals surface area (Å²) in [7, 11) is 0. The molecule has 2 N–H and O–H groups in total. The molecule has 31 heavy (non-hydrogen) atoms. The van der Waals surface area contributed by atoms with Crippen molar-refractivity contribution in [3.05, 3.63) is 102 Å². The van der Waals surface area contributed by atoms with Gasteiger partial charge in [-0.25, -0.2) is 4.98 Å². The van der Waals surface area contributed by atoms with E-state index in [0.29, 0.717) is 10.1 Å². The molecule has 0 radical (unpaired) electrons. The molecule has 154 valence electrons. The molecule has 0 amide bonds. The maximum atomic E-state index is 9.76. The molecule has 4 heterocycles. The fourth-order valence-electron chi connectivity index (χ4n) is 3.90. The fraction of sp³-hybridized carbons (Fsp3) is 0.0870. The zero-order chi connectivity index (χ0) is 21.4. The average molecular weight is 448 g/mol. The molecule has 1 saturated heterocycles. The molecule has 8 heteroatoms. The van der Waals surface area contributed by atoms with Crippen molar-refractivity contribution in [3.63, 3.8) is 0 Å². The molecule has 1 aliphatic heterocycles. The van der Waals surface area contributed by atoms with Crippen LogP contribution in [0, 0.1) is 0 Å². The van der Waals surface area contributed by atoms with Crippen LogP contribution in [0.5, 0.6) is 5.75 Å². The standard InChI is InChI=1S/C23H18ClN5OS/c24-15-6-11-20(26-14-15)28-13-3-5-19(28)22-21(18-4-1-2-12-25-18)27-23(31)29(22)16-7-9-17(30)10-8-16/h1-14,21-22,30H,(H,27,31). The summed E-state index contributed by atoms with van der Waals surface area (Å²) in [4.78, 5) is 11.1. The number of nitrogens with zero attached hydrogens (tertiary/aromatic N) is 4. The van der Waals surface area contributed by atoms with Crippen LogP contribution in [0.1, 0.15) is 23.5 Å². The number of aromatic nitrogens is 3. The molecule has 0 spiro atoms. The molecule has 0 aliphatic carbocycles. The van der Waals surface area contributed by atoms with Crippen molar-refractivity contribution in [1.29, 1.82) is 0 Å². The number of phenols is 1. The summed E-state index contributed by atoms with van der Waals surface area (Å²) in [6, 6.07) is 20.2. The van der Waals surface area contributed by atoms with E-state index in [2.05, 4.69) is 26.3 Å². The Morgan fingerprint density at radius 2 is 1.81 bits per heavy atom. The third-order valence-corrected chi connectivity index (χ3v) is 5.81. The van der Waals surface area contributed by atoms with Crippen LogP contribution in [0.4, 0.5) is 5.69 Å². The maximum absolute atomic E-state index is 9.76. The smallest absolute Gasteiger partial charge is 0.174 e. The minimum absolute atomic E-state index is 0.177. The third-order valence-electron chi connectivity index (χ3n) is 5.27. The summed E-state index contributed by atoms with van der Waals surface area (Å²) >= 11 is 11.8. The van der Waals surface area contributed by atoms with E-state index in [-0.39, 0.29) is 17.8 Å². The number of pyridine rings is 2. The van der Waals surface area contributed by atoms with Crippen molar-refractivity contribution < 1.29 is 5.11 Å². The van der Waals surface area contributed by atoms with E-state index in [1.54, 1.807) is 24.5 Å². The van der Waals surface area contributed by atoms with Gasteiger partial charge >= 0.3 is 0 Å². The van der Waals surface area contributed by atoms with Crippen LogP contribution in [0.2, 0.25) is 5.02 Å². The zero-order valence-electron chi connectivity index (χ0n) is 16.3. The van der Waals surface area contributed by atoms with Crippen molar-refractivity contribution in [2.75, 3.05) is 4.90 Å². The number of thiocarbonyl (C=S) groups is 1. The molecule has 2 unspecified atom stereocenters. The zero-order valence-corrected chi connectivity index (χ0v) is 17.8. The van der Waals surface area contributed by atoms with Crippen molar-refractivity contribution in [3.8, 4) is 11.6 Å². The second kappa shape index (κ2) is 8.02. The number of aromatic hydroxyl groups is 1. The van der Waals surface area contributed by atoms with Crippen molar-refractivity contribution in [2.24, 2.45) is 0 Å². The van der Waals surface area contributed by atoms with Gasteiger partial charge in [0.15, 0.2) is 5.11 Å². The van der Waals surface area contributed by atoms with Crippen LogP contribution in [0.3, 0.4) is 0 Å². The van der Waals surface area contributed by atoms with Gasteiger partial charge in [0.25, 0.3) is 0 Å². The second-order valence-corrected chi connectivity index (χ2v) is 7.97. The highest BCUT2D eigenvalue weighted by molar-refractivity contribution is 7.80. The van der Waals surface area contributed by atoms with E-state index in [1.807, 2.05) is 59.3 Å². The highest BCUT2D eigenvalue weighted by Gasteiger charge is 2.42. The SMILES string of the molecule is Oc1ccc(N2C(=S)NC(c3ccccn3)C2c2cccn2-c2ccc(Cl)cn2)cc1. The van der Waals surface area contributed by atoms with Gasteiger partial charge in [0, 0.05) is 30.0 Å². The molecule has 0 saturated carbocycles. The summed E-state index contributed by atoms with van der Waals surface area (Å²) in [5, 5.41) is 14.4. The van der Waals surface area contributed by atoms with Gasteiger partial charge in [-0.3, -0.25) is 4.98 Å². The van der Waals surface area contributed by atoms with Crippen LogP contribution < -0.4 is 10.2 Å². The summed E-state index contributed by atoms with van der Waals surface area (Å²) in [5.74, 6) is 0.959. The van der Waals surface area contributed by atoms with E-state index in [9.17, 15) is 5.11 Å². The van der Waals surface area contributed by atoms with Crippen molar-refractivity contribution >= 4 is 34.6 Å². The molecular formula is C23H18ClN5OS. The number of anilines is 1. The third kappa shape index (κ3) is 3.62. The molecule has 1 fully saturated rings. The number of hydrogen-bond acceptors (Lipinski definition) is 4. The van der Waals surface area contributed by atoms with Gasteiger partial charge in [-0.1, -0.05) is 17.7 Å². The normalized spacial score (nSPS) is 18.2. The van der Waals surface area contributed by atoms with Crippen LogP contribution in [-0.2, 0) is 0 Å². The summed E-state index contributed by atoms with van der Waals surface area (Å²) < 4.78 is 2.03. The lowest BCUT2D eigenvalue weighted by atomic mass is 10.0. The average Bonchev–Trinajstić information content (AvgIpc) is 3.40. The van der Waals surface area contributed by atoms with E-state index in [0.717, 1.165) is 22.9 Å². The number of rotatable bonds is 4. The highest BCUT2D eigenvalue weighted by atomic mass is 35.5. The maximum Gasteiger partial charge on any atom is 0.174 e. The minimum atomic E-state index is -0.195. The first-order valence-electron chi connectivity index (χ1n) is 9.71. The van der Waals surface area contributed by atoms with Crippen LogP contribution in [0.15, 0.2) is 85.3 Å². The Hall–Kier alpha value is -3.42. The fourth-order valence-corrected chi connectivity index (χ4v) is 4.36. The molecule has 4 aromatic rings.